The quantitative estimate of drug-likeness (QED) is 0.682. The molecule has 7 nitrogen and oxygen atoms in total. The third-order valence-corrected chi connectivity index (χ3v) is 2.95. The lowest BCUT2D eigenvalue weighted by Gasteiger charge is -2.10. The Morgan fingerprint density at radius 1 is 1.29 bits per heavy atom. The fourth-order valence-corrected chi connectivity index (χ4v) is 1.92. The molecule has 0 atom stereocenters. The number of H-pyrrole nitrogens is 1. The Hall–Kier alpha value is -2.90. The number of benzene rings is 1. The van der Waals surface area contributed by atoms with Crippen molar-refractivity contribution in [3.63, 3.8) is 0 Å². The number of hydrogen-bond acceptors (Lipinski definition) is 6. The summed E-state index contributed by atoms with van der Waals surface area (Å²) in [6.07, 6.45) is 1.62. The predicted molar refractivity (Wildman–Crippen MR) is 77.5 cm³/mol. The molecule has 0 amide bonds. The Kier molecular flexibility index (Phi) is 3.27. The molecule has 0 fully saturated rings. The molecule has 0 aliphatic rings. The summed E-state index contributed by atoms with van der Waals surface area (Å²) in [5.41, 5.74) is 1.25. The van der Waals surface area contributed by atoms with E-state index in [1.165, 1.54) is 13.2 Å². The van der Waals surface area contributed by atoms with Crippen LogP contribution in [0.1, 0.15) is 0 Å². The van der Waals surface area contributed by atoms with Gasteiger partial charge in [0.15, 0.2) is 17.2 Å². The van der Waals surface area contributed by atoms with Crippen molar-refractivity contribution in [2.24, 2.45) is 0 Å². The van der Waals surface area contributed by atoms with Gasteiger partial charge < -0.3 is 15.4 Å². The Labute approximate surface area is 119 Å². The average Bonchev–Trinajstić information content (AvgIpc) is 2.97. The largest absolute Gasteiger partial charge is 0.494 e. The number of fused-ring (bicyclic) bond motifs is 1. The molecule has 3 N–H and O–H groups in total. The molecule has 2 aromatic heterocycles. The summed E-state index contributed by atoms with van der Waals surface area (Å²) < 4.78 is 18.4. The topological polar surface area (TPSA) is 87.8 Å². The minimum atomic E-state index is -0.421. The fraction of sp³-hybridized carbons (Fsp3) is 0.154. The van der Waals surface area contributed by atoms with Gasteiger partial charge in [-0.2, -0.15) is 15.1 Å². The smallest absolute Gasteiger partial charge is 0.226 e. The summed E-state index contributed by atoms with van der Waals surface area (Å²) in [5, 5.41) is 13.5. The zero-order valence-electron chi connectivity index (χ0n) is 11.4. The summed E-state index contributed by atoms with van der Waals surface area (Å²) >= 11 is 0. The zero-order valence-corrected chi connectivity index (χ0v) is 11.4. The molecule has 8 heteroatoms. The van der Waals surface area contributed by atoms with Crippen LogP contribution in [0, 0.1) is 5.82 Å². The first-order valence-electron chi connectivity index (χ1n) is 6.20. The molecular formula is C13H13FN6O. The molecule has 0 aliphatic heterocycles. The van der Waals surface area contributed by atoms with E-state index in [-0.39, 0.29) is 5.75 Å². The molecule has 3 aromatic rings. The van der Waals surface area contributed by atoms with Gasteiger partial charge in [0, 0.05) is 18.8 Å². The number of halogens is 1. The number of aromatic amines is 1. The van der Waals surface area contributed by atoms with Crippen LogP contribution in [-0.2, 0) is 0 Å². The standard InChI is InChI=1S/C13H13FN6O/c1-15-13-18-11(8-6-16-20-12(8)19-13)17-7-3-4-9(14)10(5-7)21-2/h3-6H,1-2H3,(H3,15,16,17,18,19,20). The van der Waals surface area contributed by atoms with E-state index in [0.717, 1.165) is 5.39 Å². The number of ether oxygens (including phenoxy) is 1. The number of anilines is 3. The van der Waals surface area contributed by atoms with Crippen LogP contribution >= 0.6 is 0 Å². The molecule has 0 spiro atoms. The third kappa shape index (κ3) is 2.42. The fourth-order valence-electron chi connectivity index (χ4n) is 1.92. The average molecular weight is 288 g/mol. The van der Waals surface area contributed by atoms with Crippen LogP contribution in [0.5, 0.6) is 5.75 Å². The highest BCUT2D eigenvalue weighted by Crippen LogP contribution is 2.27. The number of methoxy groups -OCH3 is 1. The molecule has 108 valence electrons. The second kappa shape index (κ2) is 5.23. The van der Waals surface area contributed by atoms with Crippen LogP contribution in [-0.4, -0.2) is 34.3 Å². The van der Waals surface area contributed by atoms with Gasteiger partial charge in [-0.3, -0.25) is 5.10 Å². The molecule has 0 radical (unpaired) electrons. The number of nitrogens with one attached hydrogen (secondary N) is 3. The van der Waals surface area contributed by atoms with E-state index < -0.39 is 5.82 Å². The maximum atomic E-state index is 13.4. The Bertz CT molecular complexity index is 787. The van der Waals surface area contributed by atoms with Gasteiger partial charge in [0.2, 0.25) is 5.95 Å². The van der Waals surface area contributed by atoms with Crippen molar-refractivity contribution in [1.82, 2.24) is 20.2 Å². The van der Waals surface area contributed by atoms with Crippen LogP contribution in [0.2, 0.25) is 0 Å². The van der Waals surface area contributed by atoms with Crippen molar-refractivity contribution in [1.29, 1.82) is 0 Å². The van der Waals surface area contributed by atoms with Gasteiger partial charge >= 0.3 is 0 Å². The zero-order chi connectivity index (χ0) is 14.8. The number of rotatable bonds is 4. The maximum Gasteiger partial charge on any atom is 0.226 e. The van der Waals surface area contributed by atoms with Crippen LogP contribution in [0.4, 0.5) is 21.8 Å². The first-order chi connectivity index (χ1) is 10.2. The van der Waals surface area contributed by atoms with Gasteiger partial charge in [-0.25, -0.2) is 4.39 Å². The Morgan fingerprint density at radius 3 is 2.90 bits per heavy atom. The minimum Gasteiger partial charge on any atom is -0.494 e. The van der Waals surface area contributed by atoms with Crippen LogP contribution < -0.4 is 15.4 Å². The first-order valence-corrected chi connectivity index (χ1v) is 6.20. The van der Waals surface area contributed by atoms with Gasteiger partial charge in [0.05, 0.1) is 18.7 Å². The maximum absolute atomic E-state index is 13.4. The molecule has 0 unspecified atom stereocenters. The lowest BCUT2D eigenvalue weighted by molar-refractivity contribution is 0.387. The SMILES string of the molecule is CNc1nc(Nc2ccc(F)c(OC)c2)c2cn[nH]c2n1. The lowest BCUT2D eigenvalue weighted by atomic mass is 10.2. The minimum absolute atomic E-state index is 0.159. The predicted octanol–water partition coefficient (Wildman–Crippen LogP) is 2.29. The first kappa shape index (κ1) is 13.1. The summed E-state index contributed by atoms with van der Waals surface area (Å²) in [6, 6.07) is 4.49. The Balaban J connectivity index is 2.03. The number of aromatic nitrogens is 4. The van der Waals surface area contributed by atoms with Crippen molar-refractivity contribution in [2.45, 2.75) is 0 Å². The van der Waals surface area contributed by atoms with Gasteiger partial charge in [-0.05, 0) is 12.1 Å². The molecule has 0 saturated carbocycles. The van der Waals surface area contributed by atoms with E-state index in [4.69, 9.17) is 4.74 Å². The van der Waals surface area contributed by atoms with Crippen molar-refractivity contribution >= 4 is 28.5 Å². The van der Waals surface area contributed by atoms with E-state index in [9.17, 15) is 4.39 Å². The van der Waals surface area contributed by atoms with Crippen molar-refractivity contribution in [3.05, 3.63) is 30.2 Å². The van der Waals surface area contributed by atoms with Gasteiger partial charge in [-0.15, -0.1) is 0 Å². The van der Waals surface area contributed by atoms with Crippen molar-refractivity contribution < 1.29 is 9.13 Å². The highest BCUT2D eigenvalue weighted by molar-refractivity contribution is 5.89. The highest BCUT2D eigenvalue weighted by atomic mass is 19.1. The molecule has 2 heterocycles. The van der Waals surface area contributed by atoms with Crippen LogP contribution in [0.3, 0.4) is 0 Å². The molecule has 0 aliphatic carbocycles. The van der Waals surface area contributed by atoms with E-state index >= 15 is 0 Å². The van der Waals surface area contributed by atoms with Gasteiger partial charge in [0.25, 0.3) is 0 Å². The molecule has 0 saturated heterocycles. The molecule has 21 heavy (non-hydrogen) atoms. The van der Waals surface area contributed by atoms with Crippen molar-refractivity contribution in [2.75, 3.05) is 24.8 Å². The normalized spacial score (nSPS) is 10.6. The summed E-state index contributed by atoms with van der Waals surface area (Å²) in [5.74, 6) is 0.747. The molecule has 0 bridgehead atoms. The number of nitrogens with zero attached hydrogens (tertiary/aromatic N) is 3. The summed E-state index contributed by atoms with van der Waals surface area (Å²) in [7, 11) is 3.14. The van der Waals surface area contributed by atoms with Crippen molar-refractivity contribution in [3.8, 4) is 5.75 Å². The lowest BCUT2D eigenvalue weighted by Crippen LogP contribution is -2.01. The highest BCUT2D eigenvalue weighted by Gasteiger charge is 2.10. The second-order valence-corrected chi connectivity index (χ2v) is 4.25. The van der Waals surface area contributed by atoms with Gasteiger partial charge in [-0.1, -0.05) is 0 Å². The summed E-state index contributed by atoms with van der Waals surface area (Å²) in [4.78, 5) is 8.58. The molecule has 1 aromatic carbocycles. The second-order valence-electron chi connectivity index (χ2n) is 4.25. The molecule has 3 rings (SSSR count). The van der Waals surface area contributed by atoms with Crippen LogP contribution in [0.15, 0.2) is 24.4 Å². The van der Waals surface area contributed by atoms with Gasteiger partial charge in [0.1, 0.15) is 5.82 Å². The summed E-state index contributed by atoms with van der Waals surface area (Å²) in [6.45, 7) is 0. The van der Waals surface area contributed by atoms with E-state index in [0.29, 0.717) is 23.1 Å². The molecular weight excluding hydrogens is 275 g/mol. The van der Waals surface area contributed by atoms with E-state index in [1.54, 1.807) is 25.4 Å². The van der Waals surface area contributed by atoms with E-state index in [2.05, 4.69) is 30.8 Å². The monoisotopic (exact) mass is 288 g/mol. The van der Waals surface area contributed by atoms with Crippen LogP contribution in [0.25, 0.3) is 11.0 Å². The van der Waals surface area contributed by atoms with E-state index in [1.807, 2.05) is 0 Å². The Morgan fingerprint density at radius 2 is 2.14 bits per heavy atom. The third-order valence-electron chi connectivity index (χ3n) is 2.95. The number of hydrogen-bond donors (Lipinski definition) is 3.